The maximum atomic E-state index is 12.7. The van der Waals surface area contributed by atoms with Gasteiger partial charge in [-0.3, -0.25) is 14.5 Å². The van der Waals surface area contributed by atoms with Gasteiger partial charge in [0.15, 0.2) is 0 Å². The number of halogens is 1. The van der Waals surface area contributed by atoms with E-state index in [0.29, 0.717) is 19.5 Å². The molecule has 1 atom stereocenters. The minimum absolute atomic E-state index is 0.154. The molecule has 1 amide bonds. The highest BCUT2D eigenvalue weighted by molar-refractivity contribution is 5.78. The number of benzene rings is 1. The zero-order valence-corrected chi connectivity index (χ0v) is 12.3. The number of aliphatic carboxylic acids is 1. The van der Waals surface area contributed by atoms with Crippen molar-refractivity contribution >= 4 is 11.9 Å². The summed E-state index contributed by atoms with van der Waals surface area (Å²) in [5.74, 6) is -1.82. The van der Waals surface area contributed by atoms with Gasteiger partial charge < -0.3 is 10.4 Å². The molecule has 0 aromatic heterocycles. The summed E-state index contributed by atoms with van der Waals surface area (Å²) in [5.41, 5.74) is 0.949. The summed E-state index contributed by atoms with van der Waals surface area (Å²) in [6, 6.07) is 6.14. The molecule has 0 spiro atoms. The molecule has 0 bridgehead atoms. The SMILES string of the molecule is CC(CN(C)CC(=O)NCCc1ccc(F)cc1)C(=O)O. The maximum Gasteiger partial charge on any atom is 0.307 e. The number of carboxylic acids is 1. The number of hydrogen-bond acceptors (Lipinski definition) is 3. The van der Waals surface area contributed by atoms with Gasteiger partial charge in [-0.15, -0.1) is 0 Å². The summed E-state index contributed by atoms with van der Waals surface area (Å²) in [6.45, 7) is 2.54. The van der Waals surface area contributed by atoms with Crippen LogP contribution in [0.2, 0.25) is 0 Å². The molecule has 0 aliphatic carbocycles. The van der Waals surface area contributed by atoms with Gasteiger partial charge in [-0.2, -0.15) is 0 Å². The van der Waals surface area contributed by atoms with Crippen molar-refractivity contribution < 1.29 is 19.1 Å². The largest absolute Gasteiger partial charge is 0.481 e. The number of nitrogens with zero attached hydrogens (tertiary/aromatic N) is 1. The lowest BCUT2D eigenvalue weighted by atomic mass is 10.1. The van der Waals surface area contributed by atoms with Crippen molar-refractivity contribution in [1.82, 2.24) is 10.2 Å². The Bertz CT molecular complexity index is 476. The summed E-state index contributed by atoms with van der Waals surface area (Å²) in [4.78, 5) is 24.1. The van der Waals surface area contributed by atoms with Crippen molar-refractivity contribution in [2.75, 3.05) is 26.7 Å². The molecule has 5 nitrogen and oxygen atoms in total. The first kappa shape index (κ1) is 17.1. The van der Waals surface area contributed by atoms with Gasteiger partial charge in [0.25, 0.3) is 0 Å². The number of carbonyl (C=O) groups is 2. The minimum Gasteiger partial charge on any atom is -0.481 e. The van der Waals surface area contributed by atoms with Crippen LogP contribution in [0.5, 0.6) is 0 Å². The van der Waals surface area contributed by atoms with E-state index >= 15 is 0 Å². The molecule has 0 aliphatic rings. The number of nitrogens with one attached hydrogen (secondary N) is 1. The van der Waals surface area contributed by atoms with Gasteiger partial charge in [-0.05, 0) is 31.2 Å². The van der Waals surface area contributed by atoms with Crippen LogP contribution in [-0.2, 0) is 16.0 Å². The number of amides is 1. The third kappa shape index (κ3) is 6.85. The van der Waals surface area contributed by atoms with E-state index in [1.165, 1.54) is 12.1 Å². The fraction of sp³-hybridized carbons (Fsp3) is 0.467. The van der Waals surface area contributed by atoms with Gasteiger partial charge in [-0.1, -0.05) is 19.1 Å². The molecule has 0 aliphatic heterocycles. The Kier molecular flexibility index (Phi) is 6.81. The normalized spacial score (nSPS) is 12.2. The van der Waals surface area contributed by atoms with E-state index < -0.39 is 11.9 Å². The molecular formula is C15H21FN2O3. The Morgan fingerprint density at radius 3 is 2.52 bits per heavy atom. The van der Waals surface area contributed by atoms with Crippen LogP contribution in [0, 0.1) is 11.7 Å². The summed E-state index contributed by atoms with van der Waals surface area (Å²) < 4.78 is 12.7. The lowest BCUT2D eigenvalue weighted by Gasteiger charge is -2.18. The molecule has 116 valence electrons. The van der Waals surface area contributed by atoms with E-state index in [-0.39, 0.29) is 18.3 Å². The fourth-order valence-corrected chi connectivity index (χ4v) is 1.91. The maximum absolute atomic E-state index is 12.7. The van der Waals surface area contributed by atoms with Crippen molar-refractivity contribution in [2.24, 2.45) is 5.92 Å². The average molecular weight is 296 g/mol. The van der Waals surface area contributed by atoms with Gasteiger partial charge >= 0.3 is 5.97 Å². The molecule has 2 N–H and O–H groups in total. The Hall–Kier alpha value is -1.95. The molecule has 0 saturated carbocycles. The molecule has 21 heavy (non-hydrogen) atoms. The second-order valence-corrected chi connectivity index (χ2v) is 5.16. The molecule has 1 rings (SSSR count). The van der Waals surface area contributed by atoms with Gasteiger partial charge in [0.2, 0.25) is 5.91 Å². The van der Waals surface area contributed by atoms with E-state index in [9.17, 15) is 14.0 Å². The third-order valence-electron chi connectivity index (χ3n) is 3.07. The highest BCUT2D eigenvalue weighted by Crippen LogP contribution is 2.02. The lowest BCUT2D eigenvalue weighted by Crippen LogP contribution is -2.38. The highest BCUT2D eigenvalue weighted by atomic mass is 19.1. The van der Waals surface area contributed by atoms with Crippen LogP contribution in [0.4, 0.5) is 4.39 Å². The van der Waals surface area contributed by atoms with E-state index in [4.69, 9.17) is 5.11 Å². The van der Waals surface area contributed by atoms with Crippen LogP contribution in [0.15, 0.2) is 24.3 Å². The predicted molar refractivity (Wildman–Crippen MR) is 77.4 cm³/mol. The van der Waals surface area contributed by atoms with Crippen LogP contribution in [0.1, 0.15) is 12.5 Å². The van der Waals surface area contributed by atoms with E-state index in [0.717, 1.165) is 5.56 Å². The lowest BCUT2D eigenvalue weighted by molar-refractivity contribution is -0.142. The number of hydrogen-bond donors (Lipinski definition) is 2. The first-order valence-electron chi connectivity index (χ1n) is 6.81. The van der Waals surface area contributed by atoms with Crippen LogP contribution in [-0.4, -0.2) is 48.6 Å². The molecule has 0 radical (unpaired) electrons. The van der Waals surface area contributed by atoms with Crippen LogP contribution >= 0.6 is 0 Å². The summed E-state index contributed by atoms with van der Waals surface area (Å²) in [5, 5.41) is 11.6. The van der Waals surface area contributed by atoms with E-state index in [1.54, 1.807) is 31.0 Å². The van der Waals surface area contributed by atoms with Gasteiger partial charge in [0, 0.05) is 13.1 Å². The molecule has 1 aromatic carbocycles. The second kappa shape index (κ2) is 8.36. The third-order valence-corrected chi connectivity index (χ3v) is 3.07. The second-order valence-electron chi connectivity index (χ2n) is 5.16. The van der Waals surface area contributed by atoms with Crippen LogP contribution in [0.3, 0.4) is 0 Å². The standard InChI is InChI=1S/C15H21FN2O3/c1-11(15(20)21)9-18(2)10-14(19)17-8-7-12-3-5-13(16)6-4-12/h3-6,11H,7-10H2,1-2H3,(H,17,19)(H,20,21). The molecular weight excluding hydrogens is 275 g/mol. The van der Waals surface area contributed by atoms with Crippen molar-refractivity contribution in [3.05, 3.63) is 35.6 Å². The van der Waals surface area contributed by atoms with E-state index in [1.807, 2.05) is 0 Å². The first-order chi connectivity index (χ1) is 9.88. The van der Waals surface area contributed by atoms with Crippen molar-refractivity contribution in [3.63, 3.8) is 0 Å². The number of carboxylic acid groups (broad SMARTS) is 1. The predicted octanol–water partition coefficient (Wildman–Crippen LogP) is 1.14. The quantitative estimate of drug-likeness (QED) is 0.755. The van der Waals surface area contributed by atoms with Gasteiger partial charge in [0.1, 0.15) is 5.82 Å². The van der Waals surface area contributed by atoms with Crippen LogP contribution in [0.25, 0.3) is 0 Å². The number of rotatable bonds is 8. The summed E-state index contributed by atoms with van der Waals surface area (Å²) >= 11 is 0. The molecule has 1 unspecified atom stereocenters. The molecule has 1 aromatic rings. The fourth-order valence-electron chi connectivity index (χ4n) is 1.91. The average Bonchev–Trinajstić information content (AvgIpc) is 2.40. The molecule has 0 fully saturated rings. The monoisotopic (exact) mass is 296 g/mol. The van der Waals surface area contributed by atoms with Crippen molar-refractivity contribution in [3.8, 4) is 0 Å². The van der Waals surface area contributed by atoms with Crippen LogP contribution < -0.4 is 5.32 Å². The van der Waals surface area contributed by atoms with Crippen molar-refractivity contribution in [1.29, 1.82) is 0 Å². The molecule has 0 heterocycles. The summed E-state index contributed by atoms with van der Waals surface area (Å²) in [7, 11) is 1.71. The zero-order chi connectivity index (χ0) is 15.8. The molecule has 0 saturated heterocycles. The topological polar surface area (TPSA) is 69.6 Å². The Morgan fingerprint density at radius 2 is 1.95 bits per heavy atom. The summed E-state index contributed by atoms with van der Waals surface area (Å²) in [6.07, 6.45) is 0.626. The number of carbonyl (C=O) groups excluding carboxylic acids is 1. The number of likely N-dealkylation sites (N-methyl/N-ethyl adjacent to an activating group) is 1. The van der Waals surface area contributed by atoms with Gasteiger partial charge in [0.05, 0.1) is 12.5 Å². The highest BCUT2D eigenvalue weighted by Gasteiger charge is 2.15. The first-order valence-corrected chi connectivity index (χ1v) is 6.81. The molecule has 6 heteroatoms. The zero-order valence-electron chi connectivity index (χ0n) is 12.3. The van der Waals surface area contributed by atoms with E-state index in [2.05, 4.69) is 5.32 Å². The Balaban J connectivity index is 2.24. The van der Waals surface area contributed by atoms with Gasteiger partial charge in [-0.25, -0.2) is 4.39 Å². The Morgan fingerprint density at radius 1 is 1.33 bits per heavy atom. The smallest absolute Gasteiger partial charge is 0.307 e. The minimum atomic E-state index is -0.876. The van der Waals surface area contributed by atoms with Crippen molar-refractivity contribution in [2.45, 2.75) is 13.3 Å². The Labute approximate surface area is 123 Å².